The van der Waals surface area contributed by atoms with Gasteiger partial charge in [-0.2, -0.15) is 5.10 Å². The van der Waals surface area contributed by atoms with Crippen LogP contribution in [-0.4, -0.2) is 21.3 Å². The van der Waals surface area contributed by atoms with Crippen LogP contribution in [0, 0.1) is 6.92 Å². The molecule has 1 aromatic carbocycles. The SMILES string of the molecule is Cc1nc(C(C)C)n(-c2ccc(CCN)cc2)n1. The summed E-state index contributed by atoms with van der Waals surface area (Å²) in [7, 11) is 0. The molecule has 4 nitrogen and oxygen atoms in total. The van der Waals surface area contributed by atoms with Crippen LogP contribution in [0.25, 0.3) is 5.69 Å². The lowest BCUT2D eigenvalue weighted by Crippen LogP contribution is -2.06. The second-order valence-electron chi connectivity index (χ2n) is 4.79. The molecule has 0 atom stereocenters. The van der Waals surface area contributed by atoms with E-state index in [0.717, 1.165) is 23.8 Å². The third-order valence-corrected chi connectivity index (χ3v) is 2.87. The number of nitrogens with zero attached hydrogens (tertiary/aromatic N) is 3. The molecule has 18 heavy (non-hydrogen) atoms. The molecule has 2 aromatic rings. The van der Waals surface area contributed by atoms with Crippen molar-refractivity contribution in [2.24, 2.45) is 5.73 Å². The molecule has 0 aliphatic heterocycles. The Balaban J connectivity index is 2.36. The lowest BCUT2D eigenvalue weighted by Gasteiger charge is -2.08. The van der Waals surface area contributed by atoms with Crippen molar-refractivity contribution in [2.45, 2.75) is 33.1 Å². The van der Waals surface area contributed by atoms with E-state index in [1.165, 1.54) is 5.56 Å². The lowest BCUT2D eigenvalue weighted by molar-refractivity contribution is 0.713. The van der Waals surface area contributed by atoms with Gasteiger partial charge >= 0.3 is 0 Å². The predicted molar refractivity (Wildman–Crippen MR) is 72.9 cm³/mol. The van der Waals surface area contributed by atoms with Gasteiger partial charge in [-0.25, -0.2) is 9.67 Å². The number of aryl methyl sites for hydroxylation is 1. The third-order valence-electron chi connectivity index (χ3n) is 2.87. The maximum atomic E-state index is 5.55. The van der Waals surface area contributed by atoms with E-state index in [0.29, 0.717) is 12.5 Å². The lowest BCUT2D eigenvalue weighted by atomic mass is 10.1. The summed E-state index contributed by atoms with van der Waals surface area (Å²) in [6.45, 7) is 6.86. The van der Waals surface area contributed by atoms with Crippen LogP contribution in [0.5, 0.6) is 0 Å². The van der Waals surface area contributed by atoms with Crippen LogP contribution in [-0.2, 0) is 6.42 Å². The molecule has 0 fully saturated rings. The number of hydrogen-bond acceptors (Lipinski definition) is 3. The van der Waals surface area contributed by atoms with Crippen LogP contribution in [0.2, 0.25) is 0 Å². The number of rotatable bonds is 4. The maximum Gasteiger partial charge on any atom is 0.148 e. The van der Waals surface area contributed by atoms with Crippen molar-refractivity contribution in [3.05, 3.63) is 41.5 Å². The van der Waals surface area contributed by atoms with Gasteiger partial charge in [0.25, 0.3) is 0 Å². The number of hydrogen-bond donors (Lipinski definition) is 1. The van der Waals surface area contributed by atoms with Crippen LogP contribution in [0.1, 0.15) is 37.0 Å². The molecule has 0 radical (unpaired) electrons. The van der Waals surface area contributed by atoms with Gasteiger partial charge in [0.15, 0.2) is 0 Å². The zero-order chi connectivity index (χ0) is 13.1. The highest BCUT2D eigenvalue weighted by Gasteiger charge is 2.12. The van der Waals surface area contributed by atoms with E-state index < -0.39 is 0 Å². The largest absolute Gasteiger partial charge is 0.330 e. The summed E-state index contributed by atoms with van der Waals surface area (Å²) in [6.07, 6.45) is 0.910. The highest BCUT2D eigenvalue weighted by atomic mass is 15.3. The first-order valence-corrected chi connectivity index (χ1v) is 6.34. The number of benzene rings is 1. The van der Waals surface area contributed by atoms with Crippen LogP contribution in [0.4, 0.5) is 0 Å². The fourth-order valence-corrected chi connectivity index (χ4v) is 1.97. The summed E-state index contributed by atoms with van der Waals surface area (Å²) in [5.74, 6) is 2.17. The molecule has 0 aliphatic rings. The van der Waals surface area contributed by atoms with Crippen molar-refractivity contribution in [2.75, 3.05) is 6.54 Å². The highest BCUT2D eigenvalue weighted by molar-refractivity contribution is 5.35. The van der Waals surface area contributed by atoms with Crippen LogP contribution < -0.4 is 5.73 Å². The first-order chi connectivity index (χ1) is 8.61. The second kappa shape index (κ2) is 5.31. The Morgan fingerprint density at radius 2 is 1.89 bits per heavy atom. The predicted octanol–water partition coefficient (Wildman–Crippen LogP) is 2.20. The molecule has 0 saturated heterocycles. The van der Waals surface area contributed by atoms with Crippen molar-refractivity contribution < 1.29 is 0 Å². The van der Waals surface area contributed by atoms with Crippen molar-refractivity contribution in [3.8, 4) is 5.69 Å². The molecule has 0 aliphatic carbocycles. The molecule has 96 valence electrons. The fraction of sp³-hybridized carbons (Fsp3) is 0.429. The van der Waals surface area contributed by atoms with Crippen LogP contribution in [0.15, 0.2) is 24.3 Å². The summed E-state index contributed by atoms with van der Waals surface area (Å²) < 4.78 is 1.92. The minimum Gasteiger partial charge on any atom is -0.330 e. The van der Waals surface area contributed by atoms with Gasteiger partial charge in [-0.3, -0.25) is 0 Å². The van der Waals surface area contributed by atoms with E-state index in [-0.39, 0.29) is 0 Å². The molecule has 0 unspecified atom stereocenters. The highest BCUT2D eigenvalue weighted by Crippen LogP contribution is 2.17. The fourth-order valence-electron chi connectivity index (χ4n) is 1.97. The van der Waals surface area contributed by atoms with Gasteiger partial charge in [0.05, 0.1) is 5.69 Å². The molecular weight excluding hydrogens is 224 g/mol. The zero-order valence-electron chi connectivity index (χ0n) is 11.2. The Labute approximate surface area is 108 Å². The molecule has 2 N–H and O–H groups in total. The van der Waals surface area contributed by atoms with Crippen molar-refractivity contribution in [3.63, 3.8) is 0 Å². The second-order valence-corrected chi connectivity index (χ2v) is 4.79. The summed E-state index contributed by atoms with van der Waals surface area (Å²) in [5.41, 5.74) is 7.86. The zero-order valence-corrected chi connectivity index (χ0v) is 11.2. The van der Waals surface area contributed by atoms with Gasteiger partial charge in [-0.15, -0.1) is 0 Å². The monoisotopic (exact) mass is 244 g/mol. The summed E-state index contributed by atoms with van der Waals surface area (Å²) in [5, 5.41) is 4.46. The molecule has 0 saturated carbocycles. The summed E-state index contributed by atoms with van der Waals surface area (Å²) in [4.78, 5) is 4.48. The van der Waals surface area contributed by atoms with Gasteiger partial charge < -0.3 is 5.73 Å². The van der Waals surface area contributed by atoms with E-state index in [1.807, 2.05) is 11.6 Å². The average Bonchev–Trinajstić information content (AvgIpc) is 2.73. The minimum absolute atomic E-state index is 0.356. The maximum absolute atomic E-state index is 5.55. The van der Waals surface area contributed by atoms with E-state index in [2.05, 4.69) is 48.2 Å². The van der Waals surface area contributed by atoms with Gasteiger partial charge in [0, 0.05) is 5.92 Å². The molecule has 4 heteroatoms. The van der Waals surface area contributed by atoms with Crippen LogP contribution >= 0.6 is 0 Å². The molecular formula is C14H20N4. The normalized spacial score (nSPS) is 11.2. The van der Waals surface area contributed by atoms with Crippen molar-refractivity contribution in [1.29, 1.82) is 0 Å². The third kappa shape index (κ3) is 2.59. The summed E-state index contributed by atoms with van der Waals surface area (Å²) >= 11 is 0. The molecule has 1 aromatic heterocycles. The topological polar surface area (TPSA) is 56.7 Å². The number of aromatic nitrogens is 3. The van der Waals surface area contributed by atoms with Crippen LogP contribution in [0.3, 0.4) is 0 Å². The van der Waals surface area contributed by atoms with Gasteiger partial charge in [-0.1, -0.05) is 26.0 Å². The first kappa shape index (κ1) is 12.8. The molecule has 0 amide bonds. The average molecular weight is 244 g/mol. The Bertz CT molecular complexity index is 511. The van der Waals surface area contributed by atoms with E-state index >= 15 is 0 Å². The van der Waals surface area contributed by atoms with E-state index in [4.69, 9.17) is 5.73 Å². The van der Waals surface area contributed by atoms with Crippen molar-refractivity contribution in [1.82, 2.24) is 14.8 Å². The van der Waals surface area contributed by atoms with Crippen molar-refractivity contribution >= 4 is 0 Å². The molecule has 0 spiro atoms. The van der Waals surface area contributed by atoms with Gasteiger partial charge in [0.1, 0.15) is 11.6 Å². The van der Waals surface area contributed by atoms with Gasteiger partial charge in [0.2, 0.25) is 0 Å². The molecule has 2 rings (SSSR count). The minimum atomic E-state index is 0.356. The summed E-state index contributed by atoms with van der Waals surface area (Å²) in [6, 6.07) is 8.35. The molecule has 1 heterocycles. The Morgan fingerprint density at radius 1 is 1.22 bits per heavy atom. The van der Waals surface area contributed by atoms with E-state index in [1.54, 1.807) is 0 Å². The van der Waals surface area contributed by atoms with E-state index in [9.17, 15) is 0 Å². The molecule has 0 bridgehead atoms. The quantitative estimate of drug-likeness (QED) is 0.897. The standard InChI is InChI=1S/C14H20N4/c1-10(2)14-16-11(3)17-18(14)13-6-4-12(5-7-13)8-9-15/h4-7,10H,8-9,15H2,1-3H3. The smallest absolute Gasteiger partial charge is 0.148 e. The Morgan fingerprint density at radius 3 is 2.44 bits per heavy atom. The Hall–Kier alpha value is -1.68. The Kier molecular flexibility index (Phi) is 3.77. The first-order valence-electron chi connectivity index (χ1n) is 6.34. The van der Waals surface area contributed by atoms with Gasteiger partial charge in [-0.05, 0) is 37.6 Å². The number of nitrogens with two attached hydrogens (primary N) is 1.